The van der Waals surface area contributed by atoms with Crippen molar-refractivity contribution in [3.8, 4) is 5.75 Å². The Morgan fingerprint density at radius 1 is 1.40 bits per heavy atom. The summed E-state index contributed by atoms with van der Waals surface area (Å²) in [6.07, 6.45) is 1.44. The van der Waals surface area contributed by atoms with Gasteiger partial charge < -0.3 is 4.74 Å². The molecule has 0 N–H and O–H groups in total. The number of hydrogen-bond acceptors (Lipinski definition) is 3. The monoisotopic (exact) mass is 334 g/mol. The third kappa shape index (κ3) is 2.26. The quantitative estimate of drug-likeness (QED) is 0.865. The number of nitrogens with zero attached hydrogens (tertiary/aromatic N) is 2. The molecule has 2 aromatic rings. The fourth-order valence-electron chi connectivity index (χ4n) is 2.51. The third-order valence-electron chi connectivity index (χ3n) is 3.64. The number of ether oxygens (including phenoxy) is 1. The smallest absolute Gasteiger partial charge is 0.163 e. The van der Waals surface area contributed by atoms with E-state index in [2.05, 4.69) is 21.0 Å². The molecule has 0 bridgehead atoms. The topological polar surface area (TPSA) is 44.1 Å². The first-order valence-corrected chi connectivity index (χ1v) is 7.32. The molecule has 20 heavy (non-hydrogen) atoms. The number of hydrogen-bond donors (Lipinski definition) is 0. The number of halogens is 1. The van der Waals surface area contributed by atoms with Crippen molar-refractivity contribution in [3.63, 3.8) is 0 Å². The van der Waals surface area contributed by atoms with Crippen LogP contribution in [0.5, 0.6) is 5.75 Å². The van der Waals surface area contributed by atoms with E-state index in [-0.39, 0.29) is 5.78 Å². The van der Waals surface area contributed by atoms with Gasteiger partial charge >= 0.3 is 0 Å². The van der Waals surface area contributed by atoms with Crippen molar-refractivity contribution in [1.82, 2.24) is 9.78 Å². The van der Waals surface area contributed by atoms with Crippen LogP contribution < -0.4 is 4.74 Å². The predicted octanol–water partition coefficient (Wildman–Crippen LogP) is 3.20. The van der Waals surface area contributed by atoms with Crippen LogP contribution in [0.25, 0.3) is 0 Å². The maximum Gasteiger partial charge on any atom is 0.163 e. The molecular weight excluding hydrogens is 320 g/mol. The lowest BCUT2D eigenvalue weighted by molar-refractivity contribution is 0.0994. The number of aromatic nitrogens is 2. The Morgan fingerprint density at radius 2 is 2.20 bits per heavy atom. The summed E-state index contributed by atoms with van der Waals surface area (Å²) >= 11 is 3.52. The summed E-state index contributed by atoms with van der Waals surface area (Å²) in [5, 5.41) is 4.34. The average molecular weight is 335 g/mol. The van der Waals surface area contributed by atoms with Crippen LogP contribution in [0.1, 0.15) is 33.7 Å². The zero-order valence-electron chi connectivity index (χ0n) is 11.4. The van der Waals surface area contributed by atoms with E-state index < -0.39 is 0 Å². The van der Waals surface area contributed by atoms with Crippen LogP contribution in [0.4, 0.5) is 0 Å². The first-order valence-electron chi connectivity index (χ1n) is 6.53. The van der Waals surface area contributed by atoms with Gasteiger partial charge in [0.15, 0.2) is 5.78 Å². The van der Waals surface area contributed by atoms with Gasteiger partial charge in [-0.3, -0.25) is 9.48 Å². The van der Waals surface area contributed by atoms with Gasteiger partial charge in [0.2, 0.25) is 0 Å². The summed E-state index contributed by atoms with van der Waals surface area (Å²) in [7, 11) is 1.90. The van der Waals surface area contributed by atoms with E-state index in [1.165, 1.54) is 0 Å². The van der Waals surface area contributed by atoms with E-state index >= 15 is 0 Å². The van der Waals surface area contributed by atoms with Crippen molar-refractivity contribution < 1.29 is 9.53 Å². The molecule has 0 unspecified atom stereocenters. The fourth-order valence-corrected chi connectivity index (χ4v) is 2.96. The van der Waals surface area contributed by atoms with Crippen molar-refractivity contribution in [3.05, 3.63) is 45.2 Å². The van der Waals surface area contributed by atoms with E-state index in [9.17, 15) is 4.79 Å². The number of fused-ring (bicyclic) bond motifs is 1. The molecule has 1 aromatic carbocycles. The summed E-state index contributed by atoms with van der Waals surface area (Å²) < 4.78 is 8.62. The lowest BCUT2D eigenvalue weighted by atomic mass is 10.1. The Morgan fingerprint density at radius 3 is 2.90 bits per heavy atom. The third-order valence-corrected chi connectivity index (χ3v) is 4.67. The molecule has 0 aliphatic heterocycles. The SMILES string of the molecule is Cc1nn(C)c(COc2ccc3c(c2)CCC3=O)c1Br. The van der Waals surface area contributed by atoms with Gasteiger partial charge in [0.25, 0.3) is 0 Å². The molecule has 0 spiro atoms. The van der Waals surface area contributed by atoms with Gasteiger partial charge in [-0.25, -0.2) is 0 Å². The highest BCUT2D eigenvalue weighted by Crippen LogP contribution is 2.27. The van der Waals surface area contributed by atoms with Crippen LogP contribution in [-0.4, -0.2) is 15.6 Å². The Labute approximate surface area is 125 Å². The summed E-state index contributed by atoms with van der Waals surface area (Å²) in [6.45, 7) is 2.40. The Bertz CT molecular complexity index is 691. The van der Waals surface area contributed by atoms with Crippen LogP contribution in [0.15, 0.2) is 22.7 Å². The minimum atomic E-state index is 0.233. The molecule has 1 aromatic heterocycles. The molecular formula is C15H15BrN2O2. The first-order chi connectivity index (χ1) is 9.56. The lowest BCUT2D eigenvalue weighted by Crippen LogP contribution is -2.04. The van der Waals surface area contributed by atoms with Crippen LogP contribution in [0, 0.1) is 6.92 Å². The second-order valence-electron chi connectivity index (χ2n) is 5.00. The summed E-state index contributed by atoms with van der Waals surface area (Å²) in [6, 6.07) is 5.69. The molecule has 3 rings (SSSR count). The molecule has 0 saturated carbocycles. The molecule has 1 aliphatic carbocycles. The van der Waals surface area contributed by atoms with E-state index in [0.717, 1.165) is 39.2 Å². The van der Waals surface area contributed by atoms with Crippen molar-refractivity contribution in [2.24, 2.45) is 7.05 Å². The number of Topliss-reactive ketones (excluding diaryl/α,β-unsaturated/α-hetero) is 1. The molecule has 5 heteroatoms. The van der Waals surface area contributed by atoms with Crippen LogP contribution in [0.2, 0.25) is 0 Å². The Kier molecular flexibility index (Phi) is 3.38. The Hall–Kier alpha value is -1.62. The molecule has 4 nitrogen and oxygen atoms in total. The highest BCUT2D eigenvalue weighted by atomic mass is 79.9. The van der Waals surface area contributed by atoms with Crippen molar-refractivity contribution in [1.29, 1.82) is 0 Å². The molecule has 104 valence electrons. The molecule has 1 aliphatic rings. The summed E-state index contributed by atoms with van der Waals surface area (Å²) in [5.41, 5.74) is 3.88. The molecule has 0 saturated heterocycles. The second-order valence-corrected chi connectivity index (χ2v) is 5.79. The molecule has 0 amide bonds. The molecule has 0 radical (unpaired) electrons. The normalized spacial score (nSPS) is 13.7. The van der Waals surface area contributed by atoms with Gasteiger partial charge in [-0.2, -0.15) is 5.10 Å². The highest BCUT2D eigenvalue weighted by molar-refractivity contribution is 9.10. The van der Waals surface area contributed by atoms with Crippen molar-refractivity contribution in [2.45, 2.75) is 26.4 Å². The van der Waals surface area contributed by atoms with Gasteiger partial charge in [0.1, 0.15) is 12.4 Å². The highest BCUT2D eigenvalue weighted by Gasteiger charge is 2.19. The van der Waals surface area contributed by atoms with Gasteiger partial charge in [0.05, 0.1) is 15.9 Å². The summed E-state index contributed by atoms with van der Waals surface area (Å²) in [4.78, 5) is 11.6. The van der Waals surface area contributed by atoms with E-state index in [4.69, 9.17) is 4.74 Å². The molecule has 0 fully saturated rings. The van der Waals surface area contributed by atoms with E-state index in [1.54, 1.807) is 0 Å². The molecule has 1 heterocycles. The number of carbonyl (C=O) groups is 1. The van der Waals surface area contributed by atoms with Crippen LogP contribution >= 0.6 is 15.9 Å². The predicted molar refractivity (Wildman–Crippen MR) is 79.1 cm³/mol. The maximum absolute atomic E-state index is 11.6. The standard InChI is InChI=1S/C15H15BrN2O2/c1-9-15(16)13(18(2)17-9)8-20-11-4-5-12-10(7-11)3-6-14(12)19/h4-5,7H,3,6,8H2,1-2H3. The van der Waals surface area contributed by atoms with Crippen LogP contribution in [-0.2, 0) is 20.1 Å². The lowest BCUT2D eigenvalue weighted by Gasteiger charge is -2.08. The largest absolute Gasteiger partial charge is 0.487 e. The average Bonchev–Trinajstić information content (AvgIpc) is 2.90. The number of rotatable bonds is 3. The number of carbonyl (C=O) groups excluding carboxylic acids is 1. The minimum absolute atomic E-state index is 0.233. The Balaban J connectivity index is 1.78. The van der Waals surface area contributed by atoms with Crippen molar-refractivity contribution in [2.75, 3.05) is 0 Å². The van der Waals surface area contributed by atoms with Gasteiger partial charge in [-0.05, 0) is 53.0 Å². The van der Waals surface area contributed by atoms with Gasteiger partial charge in [0, 0.05) is 19.0 Å². The summed E-state index contributed by atoms with van der Waals surface area (Å²) in [5.74, 6) is 1.03. The van der Waals surface area contributed by atoms with Gasteiger partial charge in [-0.1, -0.05) is 0 Å². The van der Waals surface area contributed by atoms with Gasteiger partial charge in [-0.15, -0.1) is 0 Å². The maximum atomic E-state index is 11.6. The zero-order valence-corrected chi connectivity index (χ0v) is 13.0. The van der Waals surface area contributed by atoms with E-state index in [1.807, 2.05) is 36.9 Å². The zero-order chi connectivity index (χ0) is 14.3. The molecule has 0 atom stereocenters. The number of ketones is 1. The number of aryl methyl sites for hydroxylation is 3. The number of benzene rings is 1. The fraction of sp³-hybridized carbons (Fsp3) is 0.333. The minimum Gasteiger partial charge on any atom is -0.487 e. The second kappa shape index (κ2) is 5.05. The van der Waals surface area contributed by atoms with Crippen LogP contribution in [0.3, 0.4) is 0 Å². The first kappa shape index (κ1) is 13.4. The van der Waals surface area contributed by atoms with Crippen molar-refractivity contribution >= 4 is 21.7 Å². The van der Waals surface area contributed by atoms with E-state index in [0.29, 0.717) is 13.0 Å².